The maximum atomic E-state index is 12.7. The number of rotatable bonds is 3. The highest BCUT2D eigenvalue weighted by Crippen LogP contribution is 2.38. The predicted octanol–water partition coefficient (Wildman–Crippen LogP) is 4.25. The van der Waals surface area contributed by atoms with Crippen molar-refractivity contribution in [2.45, 2.75) is 42.8 Å². The van der Waals surface area contributed by atoms with Gasteiger partial charge in [-0.3, -0.25) is 0 Å². The van der Waals surface area contributed by atoms with Gasteiger partial charge in [0.1, 0.15) is 22.2 Å². The van der Waals surface area contributed by atoms with Crippen LogP contribution in [0.15, 0.2) is 17.4 Å². The quantitative estimate of drug-likeness (QED) is 0.526. The Kier molecular flexibility index (Phi) is 4.47. The molecule has 3 heterocycles. The first kappa shape index (κ1) is 17.5. The molecular weight excluding hydrogens is 383 g/mol. The fraction of sp³-hybridized carbons (Fsp3) is 0.375. The van der Waals surface area contributed by atoms with Crippen LogP contribution in [0.5, 0.6) is 0 Å². The second-order valence-electron chi connectivity index (χ2n) is 5.93. The summed E-state index contributed by atoms with van der Waals surface area (Å²) in [6.07, 6.45) is 0.955. The smallest absolute Gasteiger partial charge is 0.383 e. The Morgan fingerprint density at radius 3 is 2.77 bits per heavy atom. The van der Waals surface area contributed by atoms with Crippen LogP contribution in [0.3, 0.4) is 0 Å². The van der Waals surface area contributed by atoms with Crippen LogP contribution in [0.1, 0.15) is 34.8 Å². The van der Waals surface area contributed by atoms with E-state index in [1.165, 1.54) is 16.9 Å². The first-order valence-corrected chi connectivity index (χ1v) is 9.81. The molecule has 26 heavy (non-hydrogen) atoms. The number of thioether (sulfide) groups is 1. The van der Waals surface area contributed by atoms with Crippen LogP contribution >= 0.6 is 23.1 Å². The van der Waals surface area contributed by atoms with Crippen molar-refractivity contribution in [3.05, 3.63) is 34.2 Å². The summed E-state index contributed by atoms with van der Waals surface area (Å²) in [5, 5.41) is 0.973. The highest BCUT2D eigenvalue weighted by Gasteiger charge is 2.32. The van der Waals surface area contributed by atoms with Crippen LogP contribution in [-0.4, -0.2) is 19.9 Å². The van der Waals surface area contributed by atoms with Gasteiger partial charge in [-0.25, -0.2) is 19.9 Å². The van der Waals surface area contributed by atoms with E-state index in [2.05, 4.69) is 19.9 Å². The molecule has 10 heteroatoms. The summed E-state index contributed by atoms with van der Waals surface area (Å²) in [6.45, 7) is 0. The minimum Gasteiger partial charge on any atom is -0.383 e. The fourth-order valence-electron chi connectivity index (χ4n) is 2.99. The van der Waals surface area contributed by atoms with Crippen molar-refractivity contribution in [3.63, 3.8) is 0 Å². The van der Waals surface area contributed by atoms with Gasteiger partial charge in [0.2, 0.25) is 0 Å². The second-order valence-corrected chi connectivity index (χ2v) is 7.95. The number of aryl methyl sites for hydroxylation is 2. The second kappa shape index (κ2) is 6.66. The van der Waals surface area contributed by atoms with Gasteiger partial charge in [-0.05, 0) is 37.3 Å². The summed E-state index contributed by atoms with van der Waals surface area (Å²) in [4.78, 5) is 18.5. The highest BCUT2D eigenvalue weighted by molar-refractivity contribution is 7.98. The summed E-state index contributed by atoms with van der Waals surface area (Å²) in [5.41, 5.74) is 6.44. The summed E-state index contributed by atoms with van der Waals surface area (Å²) >= 11 is 2.69. The third-order valence-electron chi connectivity index (χ3n) is 4.14. The van der Waals surface area contributed by atoms with Gasteiger partial charge in [0.15, 0.2) is 5.16 Å². The standard InChI is InChI=1S/C16H14F3N5S2/c17-16(18,19)10-5-6-21-15(22-10)25-7-11-23-13(20)12-8-3-1-2-4-9(8)26-14(12)24-11/h5-6H,1-4,7H2,(H2,20,23,24). The van der Waals surface area contributed by atoms with E-state index in [0.29, 0.717) is 11.6 Å². The minimum absolute atomic E-state index is 0.0348. The van der Waals surface area contributed by atoms with E-state index in [0.717, 1.165) is 53.5 Å². The Balaban J connectivity index is 1.58. The third kappa shape index (κ3) is 3.35. The molecule has 0 amide bonds. The fourth-order valence-corrected chi connectivity index (χ4v) is 4.97. The van der Waals surface area contributed by atoms with E-state index in [1.54, 1.807) is 11.3 Å². The Morgan fingerprint density at radius 2 is 1.96 bits per heavy atom. The summed E-state index contributed by atoms with van der Waals surface area (Å²) in [5.74, 6) is 1.17. The predicted molar refractivity (Wildman–Crippen MR) is 95.1 cm³/mol. The Hall–Kier alpha value is -1.94. The molecular formula is C16H14F3N5S2. The molecule has 1 aliphatic rings. The molecule has 4 rings (SSSR count). The summed E-state index contributed by atoms with van der Waals surface area (Å²) in [7, 11) is 0. The largest absolute Gasteiger partial charge is 0.433 e. The molecule has 0 bridgehead atoms. The van der Waals surface area contributed by atoms with E-state index in [4.69, 9.17) is 5.73 Å². The van der Waals surface area contributed by atoms with Gasteiger partial charge in [-0.1, -0.05) is 11.8 Å². The van der Waals surface area contributed by atoms with Gasteiger partial charge < -0.3 is 5.73 Å². The molecule has 3 aromatic rings. The maximum absolute atomic E-state index is 12.7. The topological polar surface area (TPSA) is 77.6 Å². The molecule has 3 aromatic heterocycles. The Morgan fingerprint density at radius 1 is 1.15 bits per heavy atom. The number of anilines is 1. The van der Waals surface area contributed by atoms with Crippen molar-refractivity contribution in [2.75, 3.05) is 5.73 Å². The molecule has 0 fully saturated rings. The number of halogens is 3. The van der Waals surface area contributed by atoms with Gasteiger partial charge in [0.05, 0.1) is 11.1 Å². The van der Waals surface area contributed by atoms with Gasteiger partial charge >= 0.3 is 6.18 Å². The lowest BCUT2D eigenvalue weighted by Crippen LogP contribution is -2.09. The van der Waals surface area contributed by atoms with Gasteiger partial charge in [-0.2, -0.15) is 13.2 Å². The van der Waals surface area contributed by atoms with Crippen molar-refractivity contribution in [3.8, 4) is 0 Å². The molecule has 5 nitrogen and oxygen atoms in total. The SMILES string of the molecule is Nc1nc(CSc2nccc(C(F)(F)F)n2)nc2sc3c(c12)CCCC3. The number of hydrogen-bond acceptors (Lipinski definition) is 7. The average Bonchev–Trinajstić information content (AvgIpc) is 2.98. The number of nitrogen functional groups attached to an aromatic ring is 1. The van der Waals surface area contributed by atoms with Crippen molar-refractivity contribution >= 4 is 39.1 Å². The molecule has 0 aromatic carbocycles. The molecule has 136 valence electrons. The average molecular weight is 397 g/mol. The summed E-state index contributed by atoms with van der Waals surface area (Å²) in [6, 6.07) is 0.848. The normalized spacial score (nSPS) is 14.6. The van der Waals surface area contributed by atoms with Crippen LogP contribution in [0.4, 0.5) is 19.0 Å². The zero-order valence-electron chi connectivity index (χ0n) is 13.5. The monoisotopic (exact) mass is 397 g/mol. The number of alkyl halides is 3. The number of nitrogens with zero attached hydrogens (tertiary/aromatic N) is 4. The van der Waals surface area contributed by atoms with Crippen molar-refractivity contribution in [2.24, 2.45) is 0 Å². The zero-order chi connectivity index (χ0) is 18.3. The summed E-state index contributed by atoms with van der Waals surface area (Å²) < 4.78 is 38.2. The third-order valence-corrected chi connectivity index (χ3v) is 6.19. The molecule has 2 N–H and O–H groups in total. The van der Waals surface area contributed by atoms with Crippen LogP contribution in [0.2, 0.25) is 0 Å². The van der Waals surface area contributed by atoms with E-state index in [-0.39, 0.29) is 10.9 Å². The lowest BCUT2D eigenvalue weighted by molar-refractivity contribution is -0.141. The van der Waals surface area contributed by atoms with Crippen LogP contribution in [0.25, 0.3) is 10.2 Å². The molecule has 0 atom stereocenters. The van der Waals surface area contributed by atoms with Crippen molar-refractivity contribution in [1.82, 2.24) is 19.9 Å². The number of fused-ring (bicyclic) bond motifs is 3. The van der Waals surface area contributed by atoms with Gasteiger partial charge in [0, 0.05) is 11.1 Å². The first-order chi connectivity index (χ1) is 12.4. The lowest BCUT2D eigenvalue weighted by atomic mass is 9.97. The Bertz CT molecular complexity index is 970. The van der Waals surface area contributed by atoms with Gasteiger partial charge in [-0.15, -0.1) is 11.3 Å². The van der Waals surface area contributed by atoms with E-state index < -0.39 is 11.9 Å². The highest BCUT2D eigenvalue weighted by atomic mass is 32.2. The van der Waals surface area contributed by atoms with Crippen LogP contribution in [0, 0.1) is 0 Å². The van der Waals surface area contributed by atoms with Crippen LogP contribution < -0.4 is 5.73 Å². The first-order valence-electron chi connectivity index (χ1n) is 8.01. The van der Waals surface area contributed by atoms with Gasteiger partial charge in [0.25, 0.3) is 0 Å². The number of aromatic nitrogens is 4. The molecule has 0 radical (unpaired) electrons. The number of hydrogen-bond donors (Lipinski definition) is 1. The molecule has 1 aliphatic carbocycles. The molecule has 0 aliphatic heterocycles. The van der Waals surface area contributed by atoms with Crippen LogP contribution in [-0.2, 0) is 24.8 Å². The van der Waals surface area contributed by atoms with Crippen molar-refractivity contribution in [1.29, 1.82) is 0 Å². The molecule has 0 saturated carbocycles. The number of thiophene rings is 1. The number of nitrogens with two attached hydrogens (primary N) is 1. The van der Waals surface area contributed by atoms with E-state index >= 15 is 0 Å². The van der Waals surface area contributed by atoms with Crippen molar-refractivity contribution < 1.29 is 13.2 Å². The lowest BCUT2D eigenvalue weighted by Gasteiger charge is -2.10. The van der Waals surface area contributed by atoms with E-state index in [9.17, 15) is 13.2 Å². The molecule has 0 saturated heterocycles. The van der Waals surface area contributed by atoms with E-state index in [1.807, 2.05) is 0 Å². The zero-order valence-corrected chi connectivity index (χ0v) is 15.1. The minimum atomic E-state index is -4.49. The molecule has 0 spiro atoms. The molecule has 0 unspecified atom stereocenters. The maximum Gasteiger partial charge on any atom is 0.433 e. The Labute approximate surface area is 155 Å².